The highest BCUT2D eigenvalue weighted by Gasteiger charge is 2.13. The highest BCUT2D eigenvalue weighted by atomic mass is 35.5. The van der Waals surface area contributed by atoms with E-state index in [0.29, 0.717) is 10.7 Å². The van der Waals surface area contributed by atoms with Gasteiger partial charge >= 0.3 is 0 Å². The Morgan fingerprint density at radius 3 is 2.81 bits per heavy atom. The average Bonchev–Trinajstić information content (AvgIpc) is 2.21. The zero-order chi connectivity index (χ0) is 12.0. The minimum Gasteiger partial charge on any atom is -0.395 e. The van der Waals surface area contributed by atoms with Crippen LogP contribution in [0.15, 0.2) is 18.3 Å². The molecule has 0 unspecified atom stereocenters. The summed E-state index contributed by atoms with van der Waals surface area (Å²) in [5.41, 5.74) is 0.679. The predicted octanol–water partition coefficient (Wildman–Crippen LogP) is 1.79. The van der Waals surface area contributed by atoms with Crippen LogP contribution in [-0.4, -0.2) is 41.1 Å². The molecule has 0 aromatic carbocycles. The standard InChI is InChI=1S/C10H13ClF2N2O/c11-10-8(2-1-3-14-10)6-15(4-5-16)7-9(12)13/h1-3,9,16H,4-7H2. The zero-order valence-corrected chi connectivity index (χ0v) is 9.37. The molecule has 0 amide bonds. The number of aromatic nitrogens is 1. The molecule has 0 fully saturated rings. The summed E-state index contributed by atoms with van der Waals surface area (Å²) >= 11 is 5.82. The first-order chi connectivity index (χ1) is 7.63. The molecule has 3 nitrogen and oxygen atoms in total. The summed E-state index contributed by atoms with van der Waals surface area (Å²) in [4.78, 5) is 5.30. The van der Waals surface area contributed by atoms with Crippen molar-refractivity contribution in [3.8, 4) is 0 Å². The third kappa shape index (κ3) is 4.38. The first-order valence-corrected chi connectivity index (χ1v) is 5.22. The molecule has 1 aromatic rings. The molecule has 0 saturated carbocycles. The zero-order valence-electron chi connectivity index (χ0n) is 8.61. The predicted molar refractivity (Wildman–Crippen MR) is 57.6 cm³/mol. The smallest absolute Gasteiger partial charge is 0.251 e. The second-order valence-corrected chi connectivity index (χ2v) is 3.66. The van der Waals surface area contributed by atoms with Crippen molar-refractivity contribution in [3.63, 3.8) is 0 Å². The van der Waals surface area contributed by atoms with Crippen LogP contribution in [-0.2, 0) is 6.54 Å². The summed E-state index contributed by atoms with van der Waals surface area (Å²) in [6.45, 7) is -0.0937. The van der Waals surface area contributed by atoms with Gasteiger partial charge in [0.2, 0.25) is 0 Å². The Bertz CT molecular complexity index is 325. The normalized spacial score (nSPS) is 11.4. The van der Waals surface area contributed by atoms with Crippen molar-refractivity contribution in [3.05, 3.63) is 29.0 Å². The van der Waals surface area contributed by atoms with Crippen molar-refractivity contribution in [2.24, 2.45) is 0 Å². The van der Waals surface area contributed by atoms with Crippen LogP contribution in [0.2, 0.25) is 5.15 Å². The summed E-state index contributed by atoms with van der Waals surface area (Å²) in [6, 6.07) is 3.42. The molecule has 0 aliphatic rings. The summed E-state index contributed by atoms with van der Waals surface area (Å²) in [7, 11) is 0. The summed E-state index contributed by atoms with van der Waals surface area (Å²) in [5, 5.41) is 9.07. The molecule has 0 saturated heterocycles. The summed E-state index contributed by atoms with van der Waals surface area (Å²) in [6.07, 6.45) is -0.892. The van der Waals surface area contributed by atoms with Crippen LogP contribution in [0.1, 0.15) is 5.56 Å². The van der Waals surface area contributed by atoms with Crippen molar-refractivity contribution in [2.45, 2.75) is 13.0 Å². The third-order valence-electron chi connectivity index (χ3n) is 2.04. The average molecular weight is 251 g/mol. The second-order valence-electron chi connectivity index (χ2n) is 3.30. The van der Waals surface area contributed by atoms with Crippen molar-refractivity contribution < 1.29 is 13.9 Å². The number of alkyl halides is 2. The lowest BCUT2D eigenvalue weighted by atomic mass is 10.2. The largest absolute Gasteiger partial charge is 0.395 e. The molecule has 16 heavy (non-hydrogen) atoms. The minimum absolute atomic E-state index is 0.162. The van der Waals surface area contributed by atoms with Gasteiger partial charge in [-0.2, -0.15) is 0 Å². The molecule has 0 spiro atoms. The van der Waals surface area contributed by atoms with Gasteiger partial charge in [0, 0.05) is 24.8 Å². The fraction of sp³-hybridized carbons (Fsp3) is 0.500. The minimum atomic E-state index is -2.43. The fourth-order valence-electron chi connectivity index (χ4n) is 1.35. The highest BCUT2D eigenvalue weighted by molar-refractivity contribution is 6.30. The number of aliphatic hydroxyl groups is 1. The maximum atomic E-state index is 12.2. The Morgan fingerprint density at radius 1 is 1.50 bits per heavy atom. The molecule has 0 radical (unpaired) electrons. The van der Waals surface area contributed by atoms with E-state index in [4.69, 9.17) is 16.7 Å². The second kappa shape index (κ2) is 6.73. The van der Waals surface area contributed by atoms with E-state index in [-0.39, 0.29) is 26.2 Å². The molecule has 1 N–H and O–H groups in total. The van der Waals surface area contributed by atoms with Gasteiger partial charge in [0.05, 0.1) is 13.2 Å². The number of halogens is 3. The number of pyridine rings is 1. The highest BCUT2D eigenvalue weighted by Crippen LogP contribution is 2.14. The Kier molecular flexibility index (Phi) is 5.59. The molecule has 1 aromatic heterocycles. The van der Waals surface area contributed by atoms with E-state index in [0.717, 1.165) is 0 Å². The summed E-state index contributed by atoms with van der Waals surface area (Å²) < 4.78 is 24.5. The van der Waals surface area contributed by atoms with Gasteiger partial charge in [0.15, 0.2) is 0 Å². The van der Waals surface area contributed by atoms with Gasteiger partial charge in [0.25, 0.3) is 6.43 Å². The summed E-state index contributed by atoms with van der Waals surface area (Å²) in [5.74, 6) is 0. The number of rotatable bonds is 6. The van der Waals surface area contributed by atoms with E-state index in [2.05, 4.69) is 4.98 Å². The lowest BCUT2D eigenvalue weighted by Gasteiger charge is -2.20. The van der Waals surface area contributed by atoms with Gasteiger partial charge < -0.3 is 5.11 Å². The maximum Gasteiger partial charge on any atom is 0.251 e. The third-order valence-corrected chi connectivity index (χ3v) is 2.38. The molecule has 1 rings (SSSR count). The van der Waals surface area contributed by atoms with Gasteiger partial charge in [-0.05, 0) is 6.07 Å². The van der Waals surface area contributed by atoms with Crippen LogP contribution in [0, 0.1) is 0 Å². The quantitative estimate of drug-likeness (QED) is 0.782. The lowest BCUT2D eigenvalue weighted by molar-refractivity contribution is 0.0746. The molecule has 1 heterocycles. The number of hydrogen-bond acceptors (Lipinski definition) is 3. The van der Waals surface area contributed by atoms with Gasteiger partial charge in [-0.1, -0.05) is 17.7 Å². The van der Waals surface area contributed by atoms with Gasteiger partial charge in [0.1, 0.15) is 5.15 Å². The van der Waals surface area contributed by atoms with Crippen molar-refractivity contribution >= 4 is 11.6 Å². The van der Waals surface area contributed by atoms with E-state index in [1.165, 1.54) is 11.1 Å². The van der Waals surface area contributed by atoms with E-state index >= 15 is 0 Å². The molecule has 90 valence electrons. The maximum absolute atomic E-state index is 12.2. The van der Waals surface area contributed by atoms with E-state index < -0.39 is 6.43 Å². The number of hydrogen-bond donors (Lipinski definition) is 1. The monoisotopic (exact) mass is 250 g/mol. The van der Waals surface area contributed by atoms with E-state index in [9.17, 15) is 8.78 Å². The molecular formula is C10H13ClF2N2O. The number of aliphatic hydroxyl groups excluding tert-OH is 1. The Morgan fingerprint density at radius 2 is 2.25 bits per heavy atom. The lowest BCUT2D eigenvalue weighted by Crippen LogP contribution is -2.31. The Hall–Kier alpha value is -0.780. The van der Waals surface area contributed by atoms with E-state index in [1.807, 2.05) is 0 Å². The Labute approximate surface area is 97.7 Å². The van der Waals surface area contributed by atoms with Crippen LogP contribution in [0.3, 0.4) is 0 Å². The molecule has 6 heteroatoms. The Balaban J connectivity index is 2.64. The molecule has 0 aliphatic carbocycles. The topological polar surface area (TPSA) is 36.4 Å². The van der Waals surface area contributed by atoms with Gasteiger partial charge in [-0.15, -0.1) is 0 Å². The van der Waals surface area contributed by atoms with Gasteiger partial charge in [-0.25, -0.2) is 13.8 Å². The molecule has 0 atom stereocenters. The van der Waals surface area contributed by atoms with Crippen molar-refractivity contribution in [1.82, 2.24) is 9.88 Å². The number of nitrogens with zero attached hydrogens (tertiary/aromatic N) is 2. The SMILES string of the molecule is OCCN(Cc1cccnc1Cl)CC(F)F. The van der Waals surface area contributed by atoms with Crippen LogP contribution in [0.4, 0.5) is 8.78 Å². The first-order valence-electron chi connectivity index (χ1n) is 4.84. The van der Waals surface area contributed by atoms with Gasteiger partial charge in [-0.3, -0.25) is 4.90 Å². The van der Waals surface area contributed by atoms with Crippen LogP contribution < -0.4 is 0 Å². The van der Waals surface area contributed by atoms with Crippen molar-refractivity contribution in [1.29, 1.82) is 0 Å². The molecule has 0 bridgehead atoms. The van der Waals surface area contributed by atoms with Crippen LogP contribution >= 0.6 is 11.6 Å². The van der Waals surface area contributed by atoms with Crippen LogP contribution in [0.25, 0.3) is 0 Å². The first kappa shape index (κ1) is 13.3. The molecule has 0 aliphatic heterocycles. The molecular weight excluding hydrogens is 238 g/mol. The van der Waals surface area contributed by atoms with Crippen LogP contribution in [0.5, 0.6) is 0 Å². The van der Waals surface area contributed by atoms with E-state index in [1.54, 1.807) is 12.1 Å². The van der Waals surface area contributed by atoms with Crippen molar-refractivity contribution in [2.75, 3.05) is 19.7 Å². The fourth-order valence-corrected chi connectivity index (χ4v) is 1.53.